The van der Waals surface area contributed by atoms with Crippen LogP contribution in [0.2, 0.25) is 0 Å². The summed E-state index contributed by atoms with van der Waals surface area (Å²) >= 11 is 3.61. The smallest absolute Gasteiger partial charge is 0.211 e. The van der Waals surface area contributed by atoms with Crippen molar-refractivity contribution in [2.75, 3.05) is 31.2 Å². The summed E-state index contributed by atoms with van der Waals surface area (Å²) < 4.78 is 14.5. The number of hydrogen-bond donors (Lipinski definition) is 1. The minimum atomic E-state index is 0.199. The lowest BCUT2D eigenvalue weighted by atomic mass is 9.74. The molecule has 27 heavy (non-hydrogen) atoms. The van der Waals surface area contributed by atoms with Crippen molar-refractivity contribution in [3.63, 3.8) is 0 Å². The first-order chi connectivity index (χ1) is 13.1. The first-order valence-corrected chi connectivity index (χ1v) is 10.6. The van der Waals surface area contributed by atoms with Crippen molar-refractivity contribution in [1.29, 1.82) is 0 Å². The van der Waals surface area contributed by atoms with E-state index in [0.717, 1.165) is 73.7 Å². The molecule has 146 valence electrons. The topological polar surface area (TPSA) is 77.9 Å². The van der Waals surface area contributed by atoms with Crippen LogP contribution < -0.4 is 10.6 Å². The standard InChI is InChI=1S/C19H26BrN5O2/c1-12-16(20)17-22-4-7-25(17)18(23-12)24-5-2-19(3-6-24)9-13(8-15(19)21)27-14-10-26-11-14/h4,7,13-15H,2-3,5-6,8-11,21H2,1H3/t13-,15+/m0/s1. The van der Waals surface area contributed by atoms with E-state index in [0.29, 0.717) is 0 Å². The van der Waals surface area contributed by atoms with Crippen LogP contribution in [0.4, 0.5) is 5.95 Å². The molecule has 4 heterocycles. The van der Waals surface area contributed by atoms with Gasteiger partial charge >= 0.3 is 0 Å². The average Bonchev–Trinajstić information content (AvgIpc) is 3.22. The number of imidazole rings is 1. The number of aryl methyl sites for hydroxylation is 1. The minimum absolute atomic E-state index is 0.199. The molecule has 2 atom stereocenters. The van der Waals surface area contributed by atoms with Gasteiger partial charge in [0, 0.05) is 31.5 Å². The van der Waals surface area contributed by atoms with Crippen molar-refractivity contribution >= 4 is 27.5 Å². The molecule has 0 unspecified atom stereocenters. The highest BCUT2D eigenvalue weighted by atomic mass is 79.9. The number of hydrogen-bond acceptors (Lipinski definition) is 6. The highest BCUT2D eigenvalue weighted by Crippen LogP contribution is 2.47. The predicted octanol–water partition coefficient (Wildman–Crippen LogP) is 2.29. The maximum Gasteiger partial charge on any atom is 0.211 e. The molecule has 1 spiro atoms. The van der Waals surface area contributed by atoms with E-state index >= 15 is 0 Å². The molecule has 0 aromatic carbocycles. The number of rotatable bonds is 3. The molecular formula is C19H26BrN5O2. The van der Waals surface area contributed by atoms with E-state index < -0.39 is 0 Å². The van der Waals surface area contributed by atoms with E-state index in [1.165, 1.54) is 0 Å². The molecule has 3 aliphatic rings. The summed E-state index contributed by atoms with van der Waals surface area (Å²) in [5, 5.41) is 0. The van der Waals surface area contributed by atoms with Crippen LogP contribution in [0.15, 0.2) is 16.9 Å². The Morgan fingerprint density at radius 3 is 2.78 bits per heavy atom. The largest absolute Gasteiger partial charge is 0.376 e. The number of nitrogens with zero attached hydrogens (tertiary/aromatic N) is 4. The molecule has 0 amide bonds. The zero-order chi connectivity index (χ0) is 18.6. The van der Waals surface area contributed by atoms with E-state index in [1.54, 1.807) is 0 Å². The van der Waals surface area contributed by atoms with Gasteiger partial charge in [0.25, 0.3) is 0 Å². The molecular weight excluding hydrogens is 410 g/mol. The maximum absolute atomic E-state index is 6.61. The molecule has 1 saturated carbocycles. The highest BCUT2D eigenvalue weighted by Gasteiger charge is 2.48. The van der Waals surface area contributed by atoms with Gasteiger partial charge in [-0.3, -0.25) is 4.40 Å². The van der Waals surface area contributed by atoms with Gasteiger partial charge in [-0.1, -0.05) is 0 Å². The zero-order valence-electron chi connectivity index (χ0n) is 15.6. The van der Waals surface area contributed by atoms with Crippen LogP contribution in [0.3, 0.4) is 0 Å². The van der Waals surface area contributed by atoms with Gasteiger partial charge in [-0.05, 0) is 54.0 Å². The number of aromatic nitrogens is 3. The quantitative estimate of drug-likeness (QED) is 0.796. The van der Waals surface area contributed by atoms with Gasteiger partial charge in [0.2, 0.25) is 5.95 Å². The van der Waals surface area contributed by atoms with Crippen LogP contribution >= 0.6 is 15.9 Å². The van der Waals surface area contributed by atoms with Crippen molar-refractivity contribution in [2.24, 2.45) is 11.1 Å². The summed E-state index contributed by atoms with van der Waals surface area (Å²) in [6.45, 7) is 5.43. The first kappa shape index (κ1) is 17.8. The van der Waals surface area contributed by atoms with Gasteiger partial charge in [0.05, 0.1) is 29.5 Å². The third-order valence-corrected chi connectivity index (χ3v) is 7.54. The monoisotopic (exact) mass is 435 g/mol. The summed E-state index contributed by atoms with van der Waals surface area (Å²) in [5.41, 5.74) is 8.70. The first-order valence-electron chi connectivity index (χ1n) is 9.79. The summed E-state index contributed by atoms with van der Waals surface area (Å²) in [6, 6.07) is 0.221. The molecule has 3 fully saturated rings. The molecule has 2 aromatic rings. The van der Waals surface area contributed by atoms with Crippen molar-refractivity contribution < 1.29 is 9.47 Å². The summed E-state index contributed by atoms with van der Waals surface area (Å²) in [4.78, 5) is 11.7. The number of anilines is 1. The fourth-order valence-electron chi connectivity index (χ4n) is 4.88. The van der Waals surface area contributed by atoms with Gasteiger partial charge in [-0.25, -0.2) is 9.97 Å². The third-order valence-electron chi connectivity index (χ3n) is 6.61. The van der Waals surface area contributed by atoms with Gasteiger partial charge < -0.3 is 20.1 Å². The molecule has 2 N–H and O–H groups in total. The lowest BCUT2D eigenvalue weighted by molar-refractivity contribution is -0.154. The predicted molar refractivity (Wildman–Crippen MR) is 106 cm³/mol. The molecule has 0 bridgehead atoms. The van der Waals surface area contributed by atoms with Crippen LogP contribution in [0.25, 0.3) is 5.65 Å². The molecule has 0 radical (unpaired) electrons. The van der Waals surface area contributed by atoms with Crippen LogP contribution in [0.5, 0.6) is 0 Å². The molecule has 1 aliphatic carbocycles. The van der Waals surface area contributed by atoms with Crippen molar-refractivity contribution in [3.8, 4) is 0 Å². The van der Waals surface area contributed by atoms with Crippen LogP contribution in [0.1, 0.15) is 31.4 Å². The molecule has 5 rings (SSSR count). The van der Waals surface area contributed by atoms with Gasteiger partial charge in [-0.2, -0.15) is 0 Å². The number of nitrogens with two attached hydrogens (primary N) is 1. The summed E-state index contributed by atoms with van der Waals surface area (Å²) in [7, 11) is 0. The lowest BCUT2D eigenvalue weighted by Crippen LogP contribution is -2.47. The highest BCUT2D eigenvalue weighted by molar-refractivity contribution is 9.10. The molecule has 2 aromatic heterocycles. The summed E-state index contributed by atoms with van der Waals surface area (Å²) in [6.07, 6.45) is 8.59. The van der Waals surface area contributed by atoms with E-state index in [1.807, 2.05) is 19.3 Å². The van der Waals surface area contributed by atoms with Crippen molar-refractivity contribution in [3.05, 3.63) is 22.6 Å². The number of halogens is 1. The second kappa shape index (κ2) is 6.69. The Balaban J connectivity index is 1.32. The Labute approximate surface area is 167 Å². The molecule has 8 heteroatoms. The van der Waals surface area contributed by atoms with Crippen LogP contribution in [-0.4, -0.2) is 58.9 Å². The SMILES string of the molecule is Cc1nc(N2CCC3(CC2)C[C@@H](OC2COC2)C[C@H]3N)n2ccnc2c1Br. The lowest BCUT2D eigenvalue weighted by Gasteiger charge is -2.42. The third kappa shape index (κ3) is 2.97. The minimum Gasteiger partial charge on any atom is -0.376 e. The Kier molecular flexibility index (Phi) is 4.42. The number of fused-ring (bicyclic) bond motifs is 1. The van der Waals surface area contributed by atoms with Crippen molar-refractivity contribution in [2.45, 2.75) is 50.9 Å². The Morgan fingerprint density at radius 1 is 1.30 bits per heavy atom. The normalized spacial score (nSPS) is 28.2. The van der Waals surface area contributed by atoms with Gasteiger partial charge in [0.15, 0.2) is 5.65 Å². The second-order valence-electron chi connectivity index (χ2n) is 8.25. The average molecular weight is 436 g/mol. The maximum atomic E-state index is 6.61. The second-order valence-corrected chi connectivity index (χ2v) is 9.04. The van der Waals surface area contributed by atoms with E-state index in [-0.39, 0.29) is 23.7 Å². The van der Waals surface area contributed by atoms with Crippen LogP contribution in [-0.2, 0) is 9.47 Å². The summed E-state index contributed by atoms with van der Waals surface area (Å²) in [5.74, 6) is 0.976. The fourth-order valence-corrected chi connectivity index (χ4v) is 5.26. The molecule has 2 aliphatic heterocycles. The molecule has 7 nitrogen and oxygen atoms in total. The Bertz CT molecular complexity index is 844. The number of ether oxygens (including phenoxy) is 2. The van der Waals surface area contributed by atoms with Gasteiger partial charge in [0.1, 0.15) is 6.10 Å². The Hall–Kier alpha value is -1.22. The van der Waals surface area contributed by atoms with E-state index in [4.69, 9.17) is 20.2 Å². The van der Waals surface area contributed by atoms with E-state index in [9.17, 15) is 0 Å². The molecule has 2 saturated heterocycles. The van der Waals surface area contributed by atoms with Crippen molar-refractivity contribution in [1.82, 2.24) is 14.4 Å². The Morgan fingerprint density at radius 2 is 2.07 bits per heavy atom. The fraction of sp³-hybridized carbons (Fsp3) is 0.684. The van der Waals surface area contributed by atoms with E-state index in [2.05, 4.69) is 30.2 Å². The number of piperidine rings is 1. The zero-order valence-corrected chi connectivity index (χ0v) is 17.2. The van der Waals surface area contributed by atoms with Gasteiger partial charge in [-0.15, -0.1) is 0 Å². The van der Waals surface area contributed by atoms with Crippen LogP contribution in [0, 0.1) is 12.3 Å².